The van der Waals surface area contributed by atoms with Crippen LogP contribution in [0.3, 0.4) is 0 Å². The highest BCUT2D eigenvalue weighted by molar-refractivity contribution is 5.24. The predicted molar refractivity (Wildman–Crippen MR) is 75.8 cm³/mol. The maximum atomic E-state index is 5.76. The van der Waals surface area contributed by atoms with Crippen LogP contribution >= 0.6 is 0 Å². The largest absolute Gasteiger partial charge is 0.375 e. The quantitative estimate of drug-likeness (QED) is 0.881. The Kier molecular flexibility index (Phi) is 4.08. The van der Waals surface area contributed by atoms with E-state index >= 15 is 0 Å². The number of benzene rings is 1. The molecule has 2 rings (SSSR count). The molecule has 1 aliphatic rings. The van der Waals surface area contributed by atoms with Gasteiger partial charge in [-0.25, -0.2) is 0 Å². The van der Waals surface area contributed by atoms with Gasteiger partial charge in [0.2, 0.25) is 0 Å². The van der Waals surface area contributed by atoms with Crippen LogP contribution in [0.1, 0.15) is 50.8 Å². The van der Waals surface area contributed by atoms with E-state index in [1.807, 2.05) is 0 Å². The molecule has 0 radical (unpaired) electrons. The van der Waals surface area contributed by atoms with E-state index in [-0.39, 0.29) is 5.60 Å². The topological polar surface area (TPSA) is 21.3 Å². The molecule has 0 amide bonds. The summed E-state index contributed by atoms with van der Waals surface area (Å²) in [4.78, 5) is 0. The number of hydrogen-bond donors (Lipinski definition) is 1. The molecular weight excluding hydrogens is 222 g/mol. The Morgan fingerprint density at radius 2 is 2.17 bits per heavy atom. The zero-order valence-corrected chi connectivity index (χ0v) is 12.0. The minimum Gasteiger partial charge on any atom is -0.375 e. The van der Waals surface area contributed by atoms with Crippen LogP contribution in [-0.2, 0) is 4.74 Å². The van der Waals surface area contributed by atoms with Crippen molar-refractivity contribution >= 4 is 0 Å². The Hall–Kier alpha value is -0.860. The molecule has 1 saturated heterocycles. The molecule has 0 aliphatic carbocycles. The molecule has 1 aromatic rings. The molecule has 18 heavy (non-hydrogen) atoms. The SMILES string of the molecule is Cc1cccc([C@@H](C)NC2CCOC(C)(C)C2)c1. The minimum atomic E-state index is 0.0161. The first-order chi connectivity index (χ1) is 8.46. The number of aryl methyl sites for hydroxylation is 1. The Labute approximate surface area is 111 Å². The minimum absolute atomic E-state index is 0.0161. The summed E-state index contributed by atoms with van der Waals surface area (Å²) >= 11 is 0. The normalized spacial score (nSPS) is 24.8. The van der Waals surface area contributed by atoms with Crippen molar-refractivity contribution in [2.75, 3.05) is 6.61 Å². The summed E-state index contributed by atoms with van der Waals surface area (Å²) in [5.74, 6) is 0. The van der Waals surface area contributed by atoms with Gasteiger partial charge in [0.1, 0.15) is 0 Å². The molecule has 2 nitrogen and oxygen atoms in total. The van der Waals surface area contributed by atoms with Gasteiger partial charge in [0.05, 0.1) is 5.60 Å². The average molecular weight is 247 g/mol. The number of ether oxygens (including phenoxy) is 1. The van der Waals surface area contributed by atoms with Crippen molar-refractivity contribution in [2.24, 2.45) is 0 Å². The highest BCUT2D eigenvalue weighted by Gasteiger charge is 2.29. The molecule has 1 aromatic carbocycles. The van der Waals surface area contributed by atoms with Crippen molar-refractivity contribution in [3.05, 3.63) is 35.4 Å². The van der Waals surface area contributed by atoms with E-state index in [1.165, 1.54) is 11.1 Å². The van der Waals surface area contributed by atoms with Crippen molar-refractivity contribution in [3.8, 4) is 0 Å². The number of rotatable bonds is 3. The Morgan fingerprint density at radius 1 is 1.39 bits per heavy atom. The zero-order valence-electron chi connectivity index (χ0n) is 12.0. The molecule has 0 saturated carbocycles. The van der Waals surface area contributed by atoms with E-state index in [1.54, 1.807) is 0 Å². The maximum absolute atomic E-state index is 5.76. The van der Waals surface area contributed by atoms with Crippen LogP contribution in [-0.4, -0.2) is 18.2 Å². The molecule has 0 bridgehead atoms. The second-order valence-electron chi connectivity index (χ2n) is 6.10. The van der Waals surface area contributed by atoms with Crippen LogP contribution in [0, 0.1) is 6.92 Å². The van der Waals surface area contributed by atoms with Gasteiger partial charge in [-0.1, -0.05) is 29.8 Å². The highest BCUT2D eigenvalue weighted by atomic mass is 16.5. The van der Waals surface area contributed by atoms with Gasteiger partial charge in [-0.15, -0.1) is 0 Å². The van der Waals surface area contributed by atoms with E-state index < -0.39 is 0 Å². The fraction of sp³-hybridized carbons (Fsp3) is 0.625. The van der Waals surface area contributed by atoms with Gasteiger partial charge in [-0.05, 0) is 46.1 Å². The lowest BCUT2D eigenvalue weighted by molar-refractivity contribution is -0.0639. The Balaban J connectivity index is 1.97. The van der Waals surface area contributed by atoms with Gasteiger partial charge in [0.15, 0.2) is 0 Å². The monoisotopic (exact) mass is 247 g/mol. The van der Waals surface area contributed by atoms with Gasteiger partial charge in [-0.2, -0.15) is 0 Å². The van der Waals surface area contributed by atoms with E-state index in [2.05, 4.69) is 57.3 Å². The van der Waals surface area contributed by atoms with Crippen LogP contribution in [0.4, 0.5) is 0 Å². The fourth-order valence-electron chi connectivity index (χ4n) is 2.76. The molecule has 1 aliphatic heterocycles. The molecule has 1 unspecified atom stereocenters. The molecule has 2 atom stereocenters. The molecular formula is C16H25NO. The van der Waals surface area contributed by atoms with Gasteiger partial charge < -0.3 is 10.1 Å². The Morgan fingerprint density at radius 3 is 2.83 bits per heavy atom. The van der Waals surface area contributed by atoms with Crippen molar-refractivity contribution < 1.29 is 4.74 Å². The molecule has 2 heteroatoms. The molecule has 1 heterocycles. The average Bonchev–Trinajstić information content (AvgIpc) is 2.27. The summed E-state index contributed by atoms with van der Waals surface area (Å²) in [6.45, 7) is 9.62. The van der Waals surface area contributed by atoms with Crippen molar-refractivity contribution in [1.82, 2.24) is 5.32 Å². The standard InChI is InChI=1S/C16H25NO/c1-12-6-5-7-14(10-12)13(2)17-15-8-9-18-16(3,4)11-15/h5-7,10,13,15,17H,8-9,11H2,1-4H3/t13-,15?/m1/s1. The van der Waals surface area contributed by atoms with Crippen molar-refractivity contribution in [2.45, 2.75) is 58.2 Å². The van der Waals surface area contributed by atoms with Gasteiger partial charge >= 0.3 is 0 Å². The lowest BCUT2D eigenvalue weighted by Crippen LogP contribution is -2.44. The second kappa shape index (κ2) is 5.41. The first-order valence-corrected chi connectivity index (χ1v) is 6.93. The predicted octanol–water partition coefficient (Wildman–Crippen LogP) is 3.60. The van der Waals surface area contributed by atoms with E-state index in [9.17, 15) is 0 Å². The van der Waals surface area contributed by atoms with Crippen molar-refractivity contribution in [1.29, 1.82) is 0 Å². The maximum Gasteiger partial charge on any atom is 0.0641 e. The summed E-state index contributed by atoms with van der Waals surface area (Å²) < 4.78 is 5.76. The molecule has 1 fully saturated rings. The van der Waals surface area contributed by atoms with Crippen molar-refractivity contribution in [3.63, 3.8) is 0 Å². The van der Waals surface area contributed by atoms with Gasteiger partial charge in [0, 0.05) is 18.7 Å². The van der Waals surface area contributed by atoms with Crippen LogP contribution in [0.2, 0.25) is 0 Å². The summed E-state index contributed by atoms with van der Waals surface area (Å²) in [5, 5.41) is 3.74. The Bertz CT molecular complexity index is 400. The molecule has 1 N–H and O–H groups in total. The summed E-state index contributed by atoms with van der Waals surface area (Å²) in [6, 6.07) is 9.72. The van der Waals surface area contributed by atoms with Gasteiger partial charge in [-0.3, -0.25) is 0 Å². The highest BCUT2D eigenvalue weighted by Crippen LogP contribution is 2.26. The fourth-order valence-corrected chi connectivity index (χ4v) is 2.76. The lowest BCUT2D eigenvalue weighted by Gasteiger charge is -2.37. The van der Waals surface area contributed by atoms with E-state index in [0.29, 0.717) is 12.1 Å². The summed E-state index contributed by atoms with van der Waals surface area (Å²) in [5.41, 5.74) is 2.72. The third-order valence-corrected chi connectivity index (χ3v) is 3.72. The second-order valence-corrected chi connectivity index (χ2v) is 6.10. The molecule has 0 spiro atoms. The van der Waals surface area contributed by atoms with Gasteiger partial charge in [0.25, 0.3) is 0 Å². The van der Waals surface area contributed by atoms with Crippen LogP contribution in [0.15, 0.2) is 24.3 Å². The first kappa shape index (κ1) is 13.6. The van der Waals surface area contributed by atoms with E-state index in [0.717, 1.165) is 19.4 Å². The first-order valence-electron chi connectivity index (χ1n) is 6.93. The lowest BCUT2D eigenvalue weighted by atomic mass is 9.93. The van der Waals surface area contributed by atoms with Crippen LogP contribution in [0.5, 0.6) is 0 Å². The number of nitrogens with one attached hydrogen (secondary N) is 1. The third kappa shape index (κ3) is 3.56. The summed E-state index contributed by atoms with van der Waals surface area (Å²) in [6.07, 6.45) is 2.20. The van der Waals surface area contributed by atoms with Crippen LogP contribution in [0.25, 0.3) is 0 Å². The van der Waals surface area contributed by atoms with Crippen LogP contribution < -0.4 is 5.32 Å². The smallest absolute Gasteiger partial charge is 0.0641 e. The molecule has 100 valence electrons. The third-order valence-electron chi connectivity index (χ3n) is 3.72. The van der Waals surface area contributed by atoms with E-state index in [4.69, 9.17) is 4.74 Å². The number of hydrogen-bond acceptors (Lipinski definition) is 2. The summed E-state index contributed by atoms with van der Waals surface area (Å²) in [7, 11) is 0. The zero-order chi connectivity index (χ0) is 13.2. The molecule has 0 aromatic heterocycles.